The van der Waals surface area contributed by atoms with E-state index in [4.69, 9.17) is 0 Å². The number of carbonyl (C=O) groups excluding carboxylic acids is 1. The van der Waals surface area contributed by atoms with E-state index >= 15 is 0 Å². The van der Waals surface area contributed by atoms with Gasteiger partial charge in [0.2, 0.25) is 0 Å². The second kappa shape index (κ2) is 4.29. The SMILES string of the molecule is Cc1cc(C(F)(F)F)ccc1/C=C/C=O. The summed E-state index contributed by atoms with van der Waals surface area (Å²) in [4.78, 5) is 10.0. The molecule has 0 saturated heterocycles. The Morgan fingerprint density at radius 3 is 2.40 bits per heavy atom. The predicted molar refractivity (Wildman–Crippen MR) is 51.3 cm³/mol. The molecule has 0 aliphatic heterocycles. The van der Waals surface area contributed by atoms with E-state index in [0.29, 0.717) is 17.4 Å². The van der Waals surface area contributed by atoms with Crippen LogP contribution in [0.1, 0.15) is 16.7 Å². The molecule has 1 rings (SSSR count). The molecule has 0 radical (unpaired) electrons. The molecule has 4 heteroatoms. The Morgan fingerprint density at radius 2 is 1.93 bits per heavy atom. The highest BCUT2D eigenvalue weighted by molar-refractivity contribution is 5.74. The van der Waals surface area contributed by atoms with Crippen molar-refractivity contribution < 1.29 is 18.0 Å². The van der Waals surface area contributed by atoms with Crippen molar-refractivity contribution in [3.63, 3.8) is 0 Å². The molecule has 0 spiro atoms. The first-order valence-corrected chi connectivity index (χ1v) is 4.25. The Hall–Kier alpha value is -1.58. The van der Waals surface area contributed by atoms with Crippen molar-refractivity contribution in [3.8, 4) is 0 Å². The first-order valence-electron chi connectivity index (χ1n) is 4.25. The van der Waals surface area contributed by atoms with Crippen LogP contribution in [0, 0.1) is 6.92 Å². The lowest BCUT2D eigenvalue weighted by Gasteiger charge is -2.08. The summed E-state index contributed by atoms with van der Waals surface area (Å²) in [5.74, 6) is 0. The van der Waals surface area contributed by atoms with E-state index in [1.165, 1.54) is 18.2 Å². The van der Waals surface area contributed by atoms with Gasteiger partial charge in [0.15, 0.2) is 0 Å². The Balaban J connectivity index is 3.09. The van der Waals surface area contributed by atoms with Crippen LogP contribution >= 0.6 is 0 Å². The van der Waals surface area contributed by atoms with Gasteiger partial charge in [-0.1, -0.05) is 12.1 Å². The van der Waals surface area contributed by atoms with Crippen molar-refractivity contribution in [2.24, 2.45) is 0 Å². The van der Waals surface area contributed by atoms with Crippen molar-refractivity contribution in [1.29, 1.82) is 0 Å². The molecule has 0 aliphatic rings. The summed E-state index contributed by atoms with van der Waals surface area (Å²) in [7, 11) is 0. The van der Waals surface area contributed by atoms with Crippen LogP contribution in [0.25, 0.3) is 6.08 Å². The highest BCUT2D eigenvalue weighted by Gasteiger charge is 2.30. The van der Waals surface area contributed by atoms with Gasteiger partial charge < -0.3 is 0 Å². The second-order valence-corrected chi connectivity index (χ2v) is 3.06. The number of benzene rings is 1. The van der Waals surface area contributed by atoms with E-state index in [-0.39, 0.29) is 0 Å². The lowest BCUT2D eigenvalue weighted by atomic mass is 10.0. The highest BCUT2D eigenvalue weighted by Crippen LogP contribution is 2.30. The zero-order valence-electron chi connectivity index (χ0n) is 8.01. The number of halogens is 3. The Morgan fingerprint density at radius 1 is 1.27 bits per heavy atom. The molecule has 1 nitrogen and oxygen atoms in total. The van der Waals surface area contributed by atoms with Gasteiger partial charge >= 0.3 is 6.18 Å². The number of rotatable bonds is 2. The molecular formula is C11H9F3O. The first-order chi connectivity index (χ1) is 6.95. The van der Waals surface area contributed by atoms with Crippen LogP contribution < -0.4 is 0 Å². The Kier molecular flexibility index (Phi) is 3.29. The molecule has 0 bridgehead atoms. The second-order valence-electron chi connectivity index (χ2n) is 3.06. The van der Waals surface area contributed by atoms with Gasteiger partial charge in [0, 0.05) is 0 Å². The van der Waals surface area contributed by atoms with E-state index < -0.39 is 11.7 Å². The van der Waals surface area contributed by atoms with Crippen molar-refractivity contribution >= 4 is 12.4 Å². The number of aryl methyl sites for hydroxylation is 1. The lowest BCUT2D eigenvalue weighted by molar-refractivity contribution is -0.137. The van der Waals surface area contributed by atoms with Gasteiger partial charge in [0.1, 0.15) is 6.29 Å². The first kappa shape index (κ1) is 11.5. The van der Waals surface area contributed by atoms with Crippen LogP contribution in [0.5, 0.6) is 0 Å². The van der Waals surface area contributed by atoms with Crippen molar-refractivity contribution in [1.82, 2.24) is 0 Å². The summed E-state index contributed by atoms with van der Waals surface area (Å²) in [5, 5.41) is 0. The molecule has 15 heavy (non-hydrogen) atoms. The third-order valence-electron chi connectivity index (χ3n) is 1.95. The molecule has 0 aliphatic carbocycles. The highest BCUT2D eigenvalue weighted by atomic mass is 19.4. The quantitative estimate of drug-likeness (QED) is 0.545. The van der Waals surface area contributed by atoms with Gasteiger partial charge in [-0.15, -0.1) is 0 Å². The molecule has 0 aromatic heterocycles. The smallest absolute Gasteiger partial charge is 0.299 e. The Bertz CT molecular complexity index is 391. The summed E-state index contributed by atoms with van der Waals surface area (Å²) in [5.41, 5.74) is 0.418. The van der Waals surface area contributed by atoms with Crippen LogP contribution in [-0.4, -0.2) is 6.29 Å². The van der Waals surface area contributed by atoms with Crippen LogP contribution in [0.2, 0.25) is 0 Å². The number of aldehydes is 1. The molecule has 0 unspecified atom stereocenters. The maximum absolute atomic E-state index is 12.3. The summed E-state index contributed by atoms with van der Waals surface area (Å²) >= 11 is 0. The van der Waals surface area contributed by atoms with Crippen molar-refractivity contribution in [3.05, 3.63) is 41.0 Å². The van der Waals surface area contributed by atoms with Crippen molar-refractivity contribution in [2.75, 3.05) is 0 Å². The summed E-state index contributed by atoms with van der Waals surface area (Å²) < 4.78 is 36.8. The fourth-order valence-corrected chi connectivity index (χ4v) is 1.18. The summed E-state index contributed by atoms with van der Waals surface area (Å²) in [6, 6.07) is 3.40. The van der Waals surface area contributed by atoms with Crippen LogP contribution in [0.4, 0.5) is 13.2 Å². The Labute approximate surface area is 85.2 Å². The molecule has 0 heterocycles. The largest absolute Gasteiger partial charge is 0.416 e. The van der Waals surface area contributed by atoms with Gasteiger partial charge in [0.05, 0.1) is 5.56 Å². The van der Waals surface area contributed by atoms with Gasteiger partial charge in [-0.3, -0.25) is 4.79 Å². The lowest BCUT2D eigenvalue weighted by Crippen LogP contribution is -2.05. The molecule has 0 N–H and O–H groups in total. The molecule has 0 atom stereocenters. The maximum atomic E-state index is 12.3. The average molecular weight is 214 g/mol. The predicted octanol–water partition coefficient (Wildman–Crippen LogP) is 3.23. The van der Waals surface area contributed by atoms with Crippen LogP contribution in [-0.2, 0) is 11.0 Å². The minimum Gasteiger partial charge on any atom is -0.299 e. The van der Waals surface area contributed by atoms with E-state index in [1.54, 1.807) is 6.92 Å². The van der Waals surface area contributed by atoms with E-state index in [2.05, 4.69) is 0 Å². The van der Waals surface area contributed by atoms with Gasteiger partial charge in [-0.05, 0) is 36.3 Å². The van der Waals surface area contributed by atoms with Gasteiger partial charge in [0.25, 0.3) is 0 Å². The molecular weight excluding hydrogens is 205 g/mol. The minimum atomic E-state index is -4.32. The minimum absolute atomic E-state index is 0.489. The summed E-state index contributed by atoms with van der Waals surface area (Å²) in [6.07, 6.45) is -1.02. The fourth-order valence-electron chi connectivity index (χ4n) is 1.18. The monoisotopic (exact) mass is 214 g/mol. The number of hydrogen-bond acceptors (Lipinski definition) is 1. The third-order valence-corrected chi connectivity index (χ3v) is 1.95. The topological polar surface area (TPSA) is 17.1 Å². The number of alkyl halides is 3. The van der Waals surface area contributed by atoms with Crippen LogP contribution in [0.3, 0.4) is 0 Å². The third kappa shape index (κ3) is 2.94. The summed E-state index contributed by atoms with van der Waals surface area (Å²) in [6.45, 7) is 1.57. The molecule has 0 saturated carbocycles. The van der Waals surface area contributed by atoms with E-state index in [0.717, 1.165) is 12.1 Å². The van der Waals surface area contributed by atoms with E-state index in [9.17, 15) is 18.0 Å². The van der Waals surface area contributed by atoms with Crippen molar-refractivity contribution in [2.45, 2.75) is 13.1 Å². The standard InChI is InChI=1S/C11H9F3O/c1-8-7-10(11(12,13)14)5-4-9(8)3-2-6-15/h2-7H,1H3/b3-2+. The molecule has 1 aromatic rings. The molecule has 0 fully saturated rings. The molecule has 0 amide bonds. The van der Waals surface area contributed by atoms with Crippen LogP contribution in [0.15, 0.2) is 24.3 Å². The average Bonchev–Trinajstić information content (AvgIpc) is 2.14. The molecule has 1 aromatic carbocycles. The van der Waals surface area contributed by atoms with Gasteiger partial charge in [-0.2, -0.15) is 13.2 Å². The zero-order valence-corrected chi connectivity index (χ0v) is 8.01. The zero-order chi connectivity index (χ0) is 11.5. The fraction of sp³-hybridized carbons (Fsp3) is 0.182. The van der Waals surface area contributed by atoms with E-state index in [1.807, 2.05) is 0 Å². The van der Waals surface area contributed by atoms with Gasteiger partial charge in [-0.25, -0.2) is 0 Å². The molecule has 80 valence electrons. The number of allylic oxidation sites excluding steroid dienone is 1. The normalized spacial score (nSPS) is 12.0. The number of hydrogen-bond donors (Lipinski definition) is 0. The number of carbonyl (C=O) groups is 1. The maximum Gasteiger partial charge on any atom is 0.416 e.